The van der Waals surface area contributed by atoms with Gasteiger partial charge in [0, 0.05) is 0 Å². The van der Waals surface area contributed by atoms with Gasteiger partial charge in [0.25, 0.3) is 0 Å². The van der Waals surface area contributed by atoms with Gasteiger partial charge < -0.3 is 0 Å². The van der Waals surface area contributed by atoms with Crippen molar-refractivity contribution in [3.8, 4) is 0 Å². The fraction of sp³-hybridized carbons (Fsp3) is 0.143. The molecule has 0 aromatic heterocycles. The van der Waals surface area contributed by atoms with Gasteiger partial charge >= 0.3 is 34.3 Å². The van der Waals surface area contributed by atoms with Crippen molar-refractivity contribution in [1.29, 1.82) is 0 Å². The zero-order valence-corrected chi connectivity index (χ0v) is 13.9. The first kappa shape index (κ1) is 12.5. The molecular formula is C7H6Br3Hf. The van der Waals surface area contributed by atoms with E-state index in [9.17, 15) is 0 Å². The van der Waals surface area contributed by atoms with Crippen molar-refractivity contribution >= 4 is 44.2 Å². The molecule has 0 saturated carbocycles. The molecule has 0 N–H and O–H groups in total. The average molecular weight is 508 g/mol. The van der Waals surface area contributed by atoms with Crippen LogP contribution in [-0.4, -0.2) is 0 Å². The quantitative estimate of drug-likeness (QED) is 0.392. The molecule has 11 heavy (non-hydrogen) atoms. The van der Waals surface area contributed by atoms with E-state index in [1.54, 1.807) is 0 Å². The van der Waals surface area contributed by atoms with Crippen LogP contribution in [0.2, 0.25) is 0 Å². The molecule has 59 valence electrons. The number of hydrogen-bond acceptors (Lipinski definition) is 0. The first-order valence-electron chi connectivity index (χ1n) is 2.82. The van der Waals surface area contributed by atoms with Crippen LogP contribution < -0.4 is 0 Å². The Bertz CT molecular complexity index is 176. The van der Waals surface area contributed by atoms with Gasteiger partial charge in [-0.15, -0.1) is 0 Å². The third-order valence-electron chi connectivity index (χ3n) is 1.05. The molecule has 0 fully saturated rings. The standard InChI is InChI=1S/C7H6Br2.BrH.Hf/c8-7(9)6-4-2-1-3-5-6;;/h1-5,7H;1H;/q;;+1/p-1. The molecule has 0 aliphatic rings. The SMILES string of the molecule is BrC(Br)c1ccccc1.[Br][Hf]. The Morgan fingerprint density at radius 3 is 1.73 bits per heavy atom. The topological polar surface area (TPSA) is 0 Å². The summed E-state index contributed by atoms with van der Waals surface area (Å²) in [5.41, 5.74) is 1.25. The summed E-state index contributed by atoms with van der Waals surface area (Å²) in [5.74, 6) is 0. The molecule has 0 radical (unpaired) electrons. The predicted octanol–water partition coefficient (Wildman–Crippen LogP) is 4.32. The summed E-state index contributed by atoms with van der Waals surface area (Å²) in [4.78, 5) is 0. The molecule has 1 rings (SSSR count). The van der Waals surface area contributed by atoms with Gasteiger partial charge in [-0.3, -0.25) is 0 Å². The van der Waals surface area contributed by atoms with Crippen LogP contribution in [0.15, 0.2) is 30.3 Å². The van der Waals surface area contributed by atoms with E-state index in [1.165, 1.54) is 5.56 Å². The van der Waals surface area contributed by atoms with E-state index in [-0.39, 0.29) is 3.74 Å². The maximum absolute atomic E-state index is 3.40. The van der Waals surface area contributed by atoms with E-state index >= 15 is 0 Å². The van der Waals surface area contributed by atoms with E-state index in [0.717, 1.165) is 22.0 Å². The molecule has 0 amide bonds. The van der Waals surface area contributed by atoms with Crippen LogP contribution in [0.3, 0.4) is 0 Å². The molecule has 0 aliphatic carbocycles. The minimum absolute atomic E-state index is 0.284. The molecule has 0 bridgehead atoms. The van der Waals surface area contributed by atoms with Crippen molar-refractivity contribution in [2.75, 3.05) is 0 Å². The van der Waals surface area contributed by atoms with E-state index in [1.807, 2.05) is 18.2 Å². The van der Waals surface area contributed by atoms with E-state index < -0.39 is 0 Å². The minimum atomic E-state index is 0.284. The Balaban J connectivity index is 0.000000461. The molecule has 0 saturated heterocycles. The second kappa shape index (κ2) is 8.14. The molecule has 0 atom stereocenters. The maximum atomic E-state index is 3.40. The Morgan fingerprint density at radius 2 is 1.45 bits per heavy atom. The fourth-order valence-electron chi connectivity index (χ4n) is 0.599. The summed E-state index contributed by atoms with van der Waals surface area (Å²) < 4.78 is 0.284. The Labute approximate surface area is 104 Å². The van der Waals surface area contributed by atoms with E-state index in [2.05, 4.69) is 56.3 Å². The Kier molecular flexibility index (Phi) is 9.28. The number of alkyl halides is 2. The molecule has 0 unspecified atom stereocenters. The molecule has 0 aliphatic heterocycles. The van der Waals surface area contributed by atoms with Crippen molar-refractivity contribution in [1.82, 2.24) is 0 Å². The molecule has 4 heteroatoms. The number of benzene rings is 1. The number of hydrogen-bond donors (Lipinski definition) is 0. The second-order valence-corrected chi connectivity index (χ2v) is 4.77. The molecule has 1 aromatic rings. The zero-order valence-electron chi connectivity index (χ0n) is 5.60. The van der Waals surface area contributed by atoms with Crippen molar-refractivity contribution < 1.29 is 22.0 Å². The average Bonchev–Trinajstić information content (AvgIpc) is 2.10. The predicted molar refractivity (Wildman–Crippen MR) is 56.0 cm³/mol. The molecular weight excluding hydrogens is 502 g/mol. The van der Waals surface area contributed by atoms with Gasteiger partial charge in [-0.25, -0.2) is 0 Å². The third kappa shape index (κ3) is 5.72. The molecule has 0 spiro atoms. The van der Waals surface area contributed by atoms with Gasteiger partial charge in [-0.2, -0.15) is 0 Å². The van der Waals surface area contributed by atoms with Crippen LogP contribution in [0.4, 0.5) is 0 Å². The second-order valence-electron chi connectivity index (χ2n) is 1.71. The Hall–Kier alpha value is 1.53. The first-order valence-corrected chi connectivity index (χ1v) is 12.5. The van der Waals surface area contributed by atoms with Gasteiger partial charge in [-0.05, 0) is 5.56 Å². The van der Waals surface area contributed by atoms with Crippen LogP contribution in [0.5, 0.6) is 0 Å². The molecule has 1 aromatic carbocycles. The van der Waals surface area contributed by atoms with Gasteiger partial charge in [0.15, 0.2) is 0 Å². The third-order valence-corrected chi connectivity index (χ3v) is 2.11. The summed E-state index contributed by atoms with van der Waals surface area (Å²) in [7, 11) is 0. The summed E-state index contributed by atoms with van der Waals surface area (Å²) in [6, 6.07) is 10.2. The van der Waals surface area contributed by atoms with E-state index in [0.29, 0.717) is 0 Å². The van der Waals surface area contributed by atoms with Crippen LogP contribution in [0.1, 0.15) is 9.30 Å². The molecule has 0 nitrogen and oxygen atoms in total. The van der Waals surface area contributed by atoms with Gasteiger partial charge in [0.05, 0.1) is 3.74 Å². The molecule has 0 heterocycles. The first-order chi connectivity index (χ1) is 5.30. The van der Waals surface area contributed by atoms with Gasteiger partial charge in [0.1, 0.15) is 0 Å². The van der Waals surface area contributed by atoms with Crippen LogP contribution in [0, 0.1) is 0 Å². The van der Waals surface area contributed by atoms with Crippen molar-refractivity contribution in [3.05, 3.63) is 35.9 Å². The summed E-state index contributed by atoms with van der Waals surface area (Å²) in [6.45, 7) is 0. The van der Waals surface area contributed by atoms with E-state index in [4.69, 9.17) is 0 Å². The summed E-state index contributed by atoms with van der Waals surface area (Å²) >= 11 is 11.0. The fourth-order valence-corrected chi connectivity index (χ4v) is 1.21. The summed E-state index contributed by atoms with van der Waals surface area (Å²) in [6.07, 6.45) is 0. The normalized spacial score (nSPS) is 8.64. The number of halogens is 3. The van der Waals surface area contributed by atoms with Crippen LogP contribution >= 0.6 is 44.2 Å². The van der Waals surface area contributed by atoms with Crippen molar-refractivity contribution in [3.63, 3.8) is 0 Å². The van der Waals surface area contributed by atoms with Crippen LogP contribution in [0.25, 0.3) is 0 Å². The monoisotopic (exact) mass is 507 g/mol. The van der Waals surface area contributed by atoms with Gasteiger partial charge in [-0.1, -0.05) is 62.2 Å². The summed E-state index contributed by atoms with van der Waals surface area (Å²) in [5, 5.41) is 0. The van der Waals surface area contributed by atoms with Crippen LogP contribution in [-0.2, 0) is 22.0 Å². The van der Waals surface area contributed by atoms with Crippen molar-refractivity contribution in [2.45, 2.75) is 3.74 Å². The number of rotatable bonds is 1. The Morgan fingerprint density at radius 1 is 1.00 bits per heavy atom. The van der Waals surface area contributed by atoms with Gasteiger partial charge in [0.2, 0.25) is 0 Å². The zero-order chi connectivity index (χ0) is 8.69. The van der Waals surface area contributed by atoms with Crippen molar-refractivity contribution in [2.24, 2.45) is 0 Å².